The van der Waals surface area contributed by atoms with E-state index in [4.69, 9.17) is 31.3 Å². The Kier molecular flexibility index (Phi) is 16.6. The summed E-state index contributed by atoms with van der Waals surface area (Å²) in [5.41, 5.74) is 18.5. The number of piperidine rings is 3. The number of hydrogen-bond acceptors (Lipinski definition) is 10. The zero-order valence-corrected chi connectivity index (χ0v) is 50.4. The van der Waals surface area contributed by atoms with Crippen molar-refractivity contribution >= 4 is 44.7 Å². The molecule has 0 spiro atoms. The van der Waals surface area contributed by atoms with Crippen LogP contribution in [-0.4, -0.2) is 105 Å². The van der Waals surface area contributed by atoms with Crippen LogP contribution in [0.5, 0.6) is 5.75 Å². The number of aromatic nitrogens is 9. The number of fused-ring (bicyclic) bond motifs is 15. The van der Waals surface area contributed by atoms with E-state index in [-0.39, 0.29) is 0 Å². The summed E-state index contributed by atoms with van der Waals surface area (Å²) >= 11 is 6.04. The van der Waals surface area contributed by atoms with E-state index >= 15 is 0 Å². The molecule has 0 amide bonds. The fourth-order valence-electron chi connectivity index (χ4n) is 15.0. The van der Waals surface area contributed by atoms with Gasteiger partial charge in [-0.05, 0) is 151 Å². The predicted molar refractivity (Wildman–Crippen MR) is 329 cm³/mol. The van der Waals surface area contributed by atoms with Crippen molar-refractivity contribution in [2.45, 2.75) is 161 Å². The molecule has 9 aromatic rings. The Balaban J connectivity index is 0.000000119. The lowest BCUT2D eigenvalue weighted by Crippen LogP contribution is -2.39. The Labute approximate surface area is 501 Å². The molecule has 6 aliphatic heterocycles. The minimum Gasteiger partial charge on any atom is -0.497 e. The number of alkyl halides is 3. The number of benzene rings is 3. The lowest BCUT2D eigenvalue weighted by atomic mass is 9.90. The first-order valence-electron chi connectivity index (χ1n) is 31.2. The van der Waals surface area contributed by atoms with Gasteiger partial charge in [-0.2, -0.15) is 13.2 Å². The third kappa shape index (κ3) is 11.7. The molecule has 3 saturated heterocycles. The normalized spacial score (nSPS) is 19.6. The SMILES string of the molecule is COc1ccc(CCn2c3c(c4nc(C)ncc42)C2CCCCN2CC3)cc1.Cc1ncc2c(n1)c1c(n2CCc2ccc(C(F)(F)F)cc2)CCN2CCCCC12.Cc1ncc2c(n1)c1c(n2CCc2ccc(Cl)cc2)CCN2CCCCC12. The summed E-state index contributed by atoms with van der Waals surface area (Å²) in [5.74, 6) is 3.43. The minimum absolute atomic E-state index is 0.423. The van der Waals surface area contributed by atoms with Crippen molar-refractivity contribution in [2.75, 3.05) is 46.4 Å². The first-order valence-corrected chi connectivity index (χ1v) is 31.5. The van der Waals surface area contributed by atoms with Crippen molar-refractivity contribution in [3.05, 3.63) is 170 Å². The maximum atomic E-state index is 12.8. The van der Waals surface area contributed by atoms with E-state index in [0.29, 0.717) is 24.5 Å². The summed E-state index contributed by atoms with van der Waals surface area (Å²) in [6.07, 6.45) is 19.0. The van der Waals surface area contributed by atoms with Crippen molar-refractivity contribution in [3.63, 3.8) is 0 Å². The third-order valence-corrected chi connectivity index (χ3v) is 19.4. The van der Waals surface area contributed by atoms with Gasteiger partial charge in [0, 0.05) is 115 Å². The molecule has 0 N–H and O–H groups in total. The van der Waals surface area contributed by atoms with Crippen LogP contribution in [0.4, 0.5) is 13.2 Å². The zero-order valence-electron chi connectivity index (χ0n) is 49.6. The third-order valence-electron chi connectivity index (χ3n) is 19.2. The molecule has 15 rings (SSSR count). The van der Waals surface area contributed by atoms with Gasteiger partial charge in [0.2, 0.25) is 0 Å². The van der Waals surface area contributed by atoms with Crippen LogP contribution in [-0.2, 0) is 64.3 Å². The molecule has 3 aromatic carbocycles. The van der Waals surface area contributed by atoms with Gasteiger partial charge in [0.1, 0.15) is 23.2 Å². The van der Waals surface area contributed by atoms with Crippen molar-refractivity contribution < 1.29 is 17.9 Å². The van der Waals surface area contributed by atoms with Gasteiger partial charge in [0.05, 0.1) is 64.4 Å². The Hall–Kier alpha value is -6.72. The molecule has 12 heterocycles. The first-order chi connectivity index (χ1) is 41.4. The van der Waals surface area contributed by atoms with Crippen molar-refractivity contribution in [1.82, 2.24) is 58.3 Å². The fourth-order valence-corrected chi connectivity index (χ4v) is 15.1. The summed E-state index contributed by atoms with van der Waals surface area (Å²) < 4.78 is 51.1. The van der Waals surface area contributed by atoms with Crippen LogP contribution in [0.25, 0.3) is 33.1 Å². The number of nitrogens with zero attached hydrogens (tertiary/aromatic N) is 12. The maximum Gasteiger partial charge on any atom is 0.416 e. The number of hydrogen-bond donors (Lipinski definition) is 0. The predicted octanol–water partition coefficient (Wildman–Crippen LogP) is 13.9. The molecule has 0 bridgehead atoms. The van der Waals surface area contributed by atoms with E-state index in [2.05, 4.69) is 67.6 Å². The van der Waals surface area contributed by atoms with Gasteiger partial charge in [-0.1, -0.05) is 67.3 Å². The van der Waals surface area contributed by atoms with E-state index in [1.807, 2.05) is 63.6 Å². The number of aryl methyl sites for hydroxylation is 9. The van der Waals surface area contributed by atoms with Gasteiger partial charge in [-0.3, -0.25) is 14.7 Å². The summed E-state index contributed by atoms with van der Waals surface area (Å²) in [7, 11) is 1.71. The number of halogens is 4. The van der Waals surface area contributed by atoms with E-state index in [1.165, 1.54) is 157 Å². The van der Waals surface area contributed by atoms with Gasteiger partial charge in [0.25, 0.3) is 0 Å². The van der Waals surface area contributed by atoms with E-state index < -0.39 is 11.7 Å². The summed E-state index contributed by atoms with van der Waals surface area (Å²) in [4.78, 5) is 36.0. The maximum absolute atomic E-state index is 12.8. The van der Waals surface area contributed by atoms with E-state index in [0.717, 1.165) is 116 Å². The van der Waals surface area contributed by atoms with Crippen LogP contribution < -0.4 is 4.74 Å². The topological polar surface area (TPSA) is 111 Å². The second-order valence-electron chi connectivity index (χ2n) is 24.3. The smallest absolute Gasteiger partial charge is 0.416 e. The van der Waals surface area contributed by atoms with E-state index in [1.54, 1.807) is 19.2 Å². The van der Waals surface area contributed by atoms with Gasteiger partial charge in [-0.15, -0.1) is 0 Å². The molecule has 0 radical (unpaired) electrons. The minimum atomic E-state index is -4.30. The molecule has 17 heteroatoms. The lowest BCUT2D eigenvalue weighted by Gasteiger charge is -2.39. The highest BCUT2D eigenvalue weighted by Gasteiger charge is 2.38. The highest BCUT2D eigenvalue weighted by molar-refractivity contribution is 6.30. The zero-order chi connectivity index (χ0) is 58.3. The molecule has 3 unspecified atom stereocenters. The van der Waals surface area contributed by atoms with Crippen molar-refractivity contribution in [2.24, 2.45) is 0 Å². The summed E-state index contributed by atoms with van der Waals surface area (Å²) in [6.45, 7) is 15.6. The van der Waals surface area contributed by atoms with Crippen LogP contribution >= 0.6 is 11.6 Å². The molecule has 444 valence electrons. The highest BCUT2D eigenvalue weighted by atomic mass is 35.5. The molecule has 3 fully saturated rings. The molecular weight excluding hydrogens is 1090 g/mol. The van der Waals surface area contributed by atoms with Gasteiger partial charge in [-0.25, -0.2) is 29.9 Å². The number of methoxy groups -OCH3 is 1. The molecule has 3 atom stereocenters. The number of rotatable bonds is 10. The lowest BCUT2D eigenvalue weighted by molar-refractivity contribution is -0.137. The van der Waals surface area contributed by atoms with Crippen molar-refractivity contribution in [3.8, 4) is 5.75 Å². The monoisotopic (exact) mass is 1170 g/mol. The second kappa shape index (κ2) is 24.6. The van der Waals surface area contributed by atoms with Crippen LogP contribution in [0.15, 0.2) is 91.4 Å². The molecule has 6 aliphatic rings. The second-order valence-corrected chi connectivity index (χ2v) is 24.7. The Morgan fingerprint density at radius 2 is 0.812 bits per heavy atom. The first kappa shape index (κ1) is 57.4. The largest absolute Gasteiger partial charge is 0.497 e. The van der Waals surface area contributed by atoms with E-state index in [9.17, 15) is 13.2 Å². The summed E-state index contributed by atoms with van der Waals surface area (Å²) in [6, 6.07) is 23.7. The van der Waals surface area contributed by atoms with Gasteiger partial charge >= 0.3 is 6.18 Å². The average Bonchev–Trinajstić information content (AvgIpc) is 2.12. The molecule has 6 aromatic heterocycles. The summed E-state index contributed by atoms with van der Waals surface area (Å²) in [5, 5.41) is 0.795. The van der Waals surface area contributed by atoms with Crippen LogP contribution in [0.2, 0.25) is 5.02 Å². The van der Waals surface area contributed by atoms with Crippen LogP contribution in [0.3, 0.4) is 0 Å². The molecule has 0 saturated carbocycles. The quantitative estimate of drug-likeness (QED) is 0.131. The molecule has 85 heavy (non-hydrogen) atoms. The molecule has 0 aliphatic carbocycles. The fraction of sp³-hybridized carbons (Fsp3) is 0.471. The molecular formula is C68H78ClF3N12O. The average molecular weight is 1170 g/mol. The van der Waals surface area contributed by atoms with Gasteiger partial charge < -0.3 is 18.4 Å². The van der Waals surface area contributed by atoms with Crippen LogP contribution in [0, 0.1) is 20.8 Å². The highest BCUT2D eigenvalue weighted by Crippen LogP contribution is 2.45. The Morgan fingerprint density at radius 3 is 1.15 bits per heavy atom. The molecule has 13 nitrogen and oxygen atoms in total. The van der Waals surface area contributed by atoms with Crippen molar-refractivity contribution in [1.29, 1.82) is 0 Å². The van der Waals surface area contributed by atoms with Gasteiger partial charge in [0.15, 0.2) is 0 Å². The standard InChI is InChI=1S/C23H25F3N4.C23H28N4O.C22H25ClN4/c1-15-27-14-20-22(28-15)21-18-4-2-3-11-29(18)12-10-19(21)30(20)13-9-16-5-7-17(8-6-16)23(24,25)26;1-16-24-15-21-23(25-16)22-19-5-3-4-12-26(19)13-11-20(22)27(21)14-10-17-6-8-18(28-2)9-7-17;1-15-24-14-20-22(25-15)21-18-4-2-3-11-26(18)12-10-19(21)27(20)13-9-16-5-7-17(23)8-6-16/h5-8,14,18H,2-4,9-13H2,1H3;6-9,15,19H,3-5,10-14H2,1-2H3;5-8,14,18H,2-4,9-13H2,1H3. The Bertz CT molecular complexity index is 3830. The number of ether oxygens (including phenoxy) is 1. The van der Waals surface area contributed by atoms with Crippen LogP contribution in [0.1, 0.15) is 149 Å². The Morgan fingerprint density at radius 1 is 0.471 bits per heavy atom.